The highest BCUT2D eigenvalue weighted by Crippen LogP contribution is 2.22. The summed E-state index contributed by atoms with van der Waals surface area (Å²) in [4.78, 5) is 16.4. The van der Waals surface area contributed by atoms with Crippen molar-refractivity contribution in [1.82, 2.24) is 15.5 Å². The van der Waals surface area contributed by atoms with Crippen molar-refractivity contribution in [2.75, 3.05) is 0 Å². The predicted octanol–water partition coefficient (Wildman–Crippen LogP) is 1.92. The molecular formula is C14H26N4O2. The lowest BCUT2D eigenvalue weighted by molar-refractivity contribution is -0.125. The molecule has 1 amide bonds. The summed E-state index contributed by atoms with van der Waals surface area (Å²) in [5.41, 5.74) is 5.43. The highest BCUT2D eigenvalue weighted by atomic mass is 16.5. The van der Waals surface area contributed by atoms with E-state index in [0.717, 1.165) is 0 Å². The molecule has 114 valence electrons. The standard InChI is InChI=1S/C14H26N4O2/c1-8(16-10(19)9(15)13(2,3)4)11-17-12(18-20-11)14(5,6)7/h8-9H,15H2,1-7H3,(H,16,19)/t8?,9-/m1/s1. The van der Waals surface area contributed by atoms with E-state index in [1.807, 2.05) is 41.5 Å². The van der Waals surface area contributed by atoms with Gasteiger partial charge in [0.1, 0.15) is 6.04 Å². The molecule has 1 unspecified atom stereocenters. The molecule has 0 aliphatic carbocycles. The molecule has 0 aliphatic rings. The predicted molar refractivity (Wildman–Crippen MR) is 77.0 cm³/mol. The molecule has 0 aliphatic heterocycles. The van der Waals surface area contributed by atoms with E-state index in [9.17, 15) is 4.79 Å². The van der Waals surface area contributed by atoms with Crippen molar-refractivity contribution in [3.05, 3.63) is 11.7 Å². The molecule has 6 heteroatoms. The van der Waals surface area contributed by atoms with Gasteiger partial charge in [-0.3, -0.25) is 4.79 Å². The third-order valence-corrected chi connectivity index (χ3v) is 3.06. The van der Waals surface area contributed by atoms with Crippen molar-refractivity contribution >= 4 is 5.91 Å². The van der Waals surface area contributed by atoms with Gasteiger partial charge in [0.15, 0.2) is 5.82 Å². The fourth-order valence-corrected chi connectivity index (χ4v) is 1.47. The molecule has 1 aromatic heterocycles. The fourth-order valence-electron chi connectivity index (χ4n) is 1.47. The SMILES string of the molecule is CC(NC(=O)[C@@H](N)C(C)(C)C)c1nc(C(C)(C)C)no1. The van der Waals surface area contributed by atoms with Crippen LogP contribution in [0, 0.1) is 5.41 Å². The van der Waals surface area contributed by atoms with Crippen molar-refractivity contribution in [1.29, 1.82) is 0 Å². The molecule has 0 fully saturated rings. The number of aromatic nitrogens is 2. The number of carbonyl (C=O) groups excluding carboxylic acids is 1. The Morgan fingerprint density at radius 3 is 2.20 bits per heavy atom. The molecule has 1 aromatic rings. The molecule has 2 atom stereocenters. The van der Waals surface area contributed by atoms with Crippen LogP contribution in [-0.2, 0) is 10.2 Å². The van der Waals surface area contributed by atoms with E-state index in [1.54, 1.807) is 6.92 Å². The van der Waals surface area contributed by atoms with Gasteiger partial charge in [0, 0.05) is 5.41 Å². The fraction of sp³-hybridized carbons (Fsp3) is 0.786. The van der Waals surface area contributed by atoms with Gasteiger partial charge in [-0.05, 0) is 12.3 Å². The lowest BCUT2D eigenvalue weighted by Crippen LogP contribution is -2.49. The first-order chi connectivity index (χ1) is 8.93. The Morgan fingerprint density at radius 2 is 1.80 bits per heavy atom. The van der Waals surface area contributed by atoms with Crippen LogP contribution in [0.4, 0.5) is 0 Å². The normalized spacial score (nSPS) is 15.8. The maximum absolute atomic E-state index is 12.1. The molecule has 20 heavy (non-hydrogen) atoms. The second-order valence-corrected chi connectivity index (χ2v) is 7.28. The minimum atomic E-state index is -0.588. The number of rotatable bonds is 3. The summed E-state index contributed by atoms with van der Waals surface area (Å²) in [6.07, 6.45) is 0. The molecule has 0 bridgehead atoms. The van der Waals surface area contributed by atoms with Gasteiger partial charge in [-0.1, -0.05) is 46.7 Å². The van der Waals surface area contributed by atoms with Crippen molar-refractivity contribution in [2.24, 2.45) is 11.1 Å². The molecule has 1 rings (SSSR count). The van der Waals surface area contributed by atoms with Gasteiger partial charge in [0.25, 0.3) is 0 Å². The Hall–Kier alpha value is -1.43. The summed E-state index contributed by atoms with van der Waals surface area (Å²) in [6.45, 7) is 13.6. The van der Waals surface area contributed by atoms with Gasteiger partial charge in [-0.2, -0.15) is 4.98 Å². The van der Waals surface area contributed by atoms with E-state index < -0.39 is 6.04 Å². The number of nitrogens with zero attached hydrogens (tertiary/aromatic N) is 2. The Kier molecular flexibility index (Phi) is 4.59. The molecule has 0 saturated heterocycles. The third kappa shape index (κ3) is 4.03. The third-order valence-electron chi connectivity index (χ3n) is 3.06. The Morgan fingerprint density at radius 1 is 1.25 bits per heavy atom. The molecular weight excluding hydrogens is 256 g/mol. The summed E-state index contributed by atoms with van der Waals surface area (Å²) >= 11 is 0. The van der Waals surface area contributed by atoms with E-state index in [1.165, 1.54) is 0 Å². The van der Waals surface area contributed by atoms with E-state index in [4.69, 9.17) is 10.3 Å². The number of amides is 1. The van der Waals surface area contributed by atoms with Crippen molar-refractivity contribution in [2.45, 2.75) is 66.0 Å². The molecule has 6 nitrogen and oxygen atoms in total. The van der Waals surface area contributed by atoms with E-state index in [2.05, 4.69) is 15.5 Å². The largest absolute Gasteiger partial charge is 0.343 e. The summed E-state index contributed by atoms with van der Waals surface area (Å²) in [6, 6.07) is -0.950. The number of hydrogen-bond acceptors (Lipinski definition) is 5. The summed E-state index contributed by atoms with van der Waals surface area (Å²) < 4.78 is 5.20. The van der Waals surface area contributed by atoms with Gasteiger partial charge < -0.3 is 15.6 Å². The lowest BCUT2D eigenvalue weighted by Gasteiger charge is -2.26. The van der Waals surface area contributed by atoms with Crippen molar-refractivity contribution in [3.63, 3.8) is 0 Å². The smallest absolute Gasteiger partial charge is 0.248 e. The number of nitrogens with two attached hydrogens (primary N) is 1. The van der Waals surface area contributed by atoms with Crippen LogP contribution in [-0.4, -0.2) is 22.1 Å². The molecule has 0 spiro atoms. The highest BCUT2D eigenvalue weighted by molar-refractivity contribution is 5.82. The van der Waals surface area contributed by atoms with Gasteiger partial charge in [-0.15, -0.1) is 0 Å². The minimum Gasteiger partial charge on any atom is -0.343 e. The monoisotopic (exact) mass is 282 g/mol. The first kappa shape index (κ1) is 16.6. The van der Waals surface area contributed by atoms with Crippen molar-refractivity contribution in [3.8, 4) is 0 Å². The lowest BCUT2D eigenvalue weighted by atomic mass is 9.87. The zero-order valence-corrected chi connectivity index (χ0v) is 13.4. The maximum Gasteiger partial charge on any atom is 0.248 e. The molecule has 1 heterocycles. The highest BCUT2D eigenvalue weighted by Gasteiger charge is 2.30. The number of nitrogens with one attached hydrogen (secondary N) is 1. The van der Waals surface area contributed by atoms with E-state index >= 15 is 0 Å². The number of hydrogen-bond donors (Lipinski definition) is 2. The molecule has 0 saturated carbocycles. The topological polar surface area (TPSA) is 94.0 Å². The first-order valence-corrected chi connectivity index (χ1v) is 6.83. The summed E-state index contributed by atoms with van der Waals surface area (Å²) in [5, 5.41) is 6.75. The van der Waals surface area contributed by atoms with Crippen molar-refractivity contribution < 1.29 is 9.32 Å². The van der Waals surface area contributed by atoms with Crippen LogP contribution in [0.1, 0.15) is 66.2 Å². The second kappa shape index (κ2) is 5.52. The average Bonchev–Trinajstić information content (AvgIpc) is 2.75. The minimum absolute atomic E-state index is 0.187. The van der Waals surface area contributed by atoms with E-state index in [-0.39, 0.29) is 22.8 Å². The van der Waals surface area contributed by atoms with Gasteiger partial charge in [0.05, 0.1) is 6.04 Å². The molecule has 0 aromatic carbocycles. The molecule has 0 radical (unpaired) electrons. The van der Waals surface area contributed by atoms with Crippen LogP contribution in [0.3, 0.4) is 0 Å². The zero-order valence-electron chi connectivity index (χ0n) is 13.4. The van der Waals surface area contributed by atoms with Gasteiger partial charge in [0.2, 0.25) is 11.8 Å². The number of carbonyl (C=O) groups is 1. The average molecular weight is 282 g/mol. The van der Waals surface area contributed by atoms with Crippen LogP contribution in [0.2, 0.25) is 0 Å². The zero-order chi connectivity index (χ0) is 15.7. The second-order valence-electron chi connectivity index (χ2n) is 7.28. The van der Waals surface area contributed by atoms with Crippen LogP contribution in [0.5, 0.6) is 0 Å². The van der Waals surface area contributed by atoms with E-state index in [0.29, 0.717) is 11.7 Å². The Balaban J connectivity index is 2.75. The summed E-state index contributed by atoms with van der Waals surface area (Å²) in [5.74, 6) is 0.790. The van der Waals surface area contributed by atoms with Crippen LogP contribution in [0.15, 0.2) is 4.52 Å². The first-order valence-electron chi connectivity index (χ1n) is 6.83. The maximum atomic E-state index is 12.1. The summed E-state index contributed by atoms with van der Waals surface area (Å²) in [7, 11) is 0. The Bertz CT molecular complexity index is 468. The molecule has 3 N–H and O–H groups in total. The quantitative estimate of drug-likeness (QED) is 0.883. The Labute approximate surface area is 120 Å². The van der Waals surface area contributed by atoms with Crippen LogP contribution in [0.25, 0.3) is 0 Å². The van der Waals surface area contributed by atoms with Crippen LogP contribution >= 0.6 is 0 Å². The van der Waals surface area contributed by atoms with Gasteiger partial charge >= 0.3 is 0 Å². The van der Waals surface area contributed by atoms with Crippen LogP contribution < -0.4 is 11.1 Å². The van der Waals surface area contributed by atoms with Gasteiger partial charge in [-0.25, -0.2) is 0 Å².